The van der Waals surface area contributed by atoms with Crippen LogP contribution in [0.25, 0.3) is 0 Å². The van der Waals surface area contributed by atoms with Gasteiger partial charge < -0.3 is 10.1 Å². The Morgan fingerprint density at radius 1 is 0.947 bits per heavy atom. The highest BCUT2D eigenvalue weighted by Crippen LogP contribution is 2.25. The Bertz CT molecular complexity index is 374. The van der Waals surface area contributed by atoms with Crippen LogP contribution >= 0.6 is 0 Å². The molecule has 108 valence electrons. The summed E-state index contributed by atoms with van der Waals surface area (Å²) >= 11 is 0. The maximum Gasteiger partial charge on any atom is 0.125 e. The molecule has 1 rings (SSSR count). The van der Waals surface area contributed by atoms with Crippen LogP contribution in [-0.2, 0) is 0 Å². The first-order valence-electron chi connectivity index (χ1n) is 7.57. The summed E-state index contributed by atoms with van der Waals surface area (Å²) < 4.78 is 5.96. The predicted molar refractivity (Wildman–Crippen MR) is 83.2 cm³/mol. The molecule has 0 saturated heterocycles. The van der Waals surface area contributed by atoms with Gasteiger partial charge in [-0.25, -0.2) is 0 Å². The van der Waals surface area contributed by atoms with Crippen molar-refractivity contribution in [3.05, 3.63) is 28.8 Å². The van der Waals surface area contributed by atoms with Gasteiger partial charge in [0, 0.05) is 0 Å². The normalized spacial score (nSPS) is 10.7. The quantitative estimate of drug-likeness (QED) is 0.675. The highest BCUT2D eigenvalue weighted by atomic mass is 16.5. The molecule has 2 nitrogen and oxygen atoms in total. The van der Waals surface area contributed by atoms with E-state index in [-0.39, 0.29) is 0 Å². The van der Waals surface area contributed by atoms with Crippen molar-refractivity contribution in [2.24, 2.45) is 0 Å². The monoisotopic (exact) mass is 263 g/mol. The molecule has 2 heteroatoms. The van der Waals surface area contributed by atoms with Gasteiger partial charge in [-0.1, -0.05) is 19.1 Å². The Kier molecular flexibility index (Phi) is 7.57. The number of nitrogens with one attached hydrogen (secondary N) is 1. The minimum absolute atomic E-state index is 0.832. The van der Waals surface area contributed by atoms with Crippen LogP contribution in [0.15, 0.2) is 12.1 Å². The fraction of sp³-hybridized carbons (Fsp3) is 0.647. The highest BCUT2D eigenvalue weighted by Gasteiger charge is 2.05. The second kappa shape index (κ2) is 8.98. The Balaban J connectivity index is 2.21. The summed E-state index contributed by atoms with van der Waals surface area (Å²) in [6.07, 6.45) is 4.84. The molecule has 1 aromatic rings. The van der Waals surface area contributed by atoms with E-state index in [4.69, 9.17) is 4.74 Å². The fourth-order valence-electron chi connectivity index (χ4n) is 2.15. The molecule has 0 spiro atoms. The van der Waals surface area contributed by atoms with Crippen LogP contribution in [0.1, 0.15) is 49.3 Å². The van der Waals surface area contributed by atoms with Crippen molar-refractivity contribution in [3.63, 3.8) is 0 Å². The molecule has 0 aromatic heterocycles. The Labute approximate surface area is 118 Å². The Morgan fingerprint density at radius 3 is 2.42 bits per heavy atom. The minimum atomic E-state index is 0.832. The lowest BCUT2D eigenvalue weighted by Gasteiger charge is -2.13. The lowest BCUT2D eigenvalue weighted by molar-refractivity contribution is 0.301. The molecule has 0 fully saturated rings. The largest absolute Gasteiger partial charge is 0.493 e. The van der Waals surface area contributed by atoms with Crippen LogP contribution < -0.4 is 10.1 Å². The first kappa shape index (κ1) is 16.0. The minimum Gasteiger partial charge on any atom is -0.493 e. The van der Waals surface area contributed by atoms with E-state index in [1.165, 1.54) is 36.0 Å². The lowest BCUT2D eigenvalue weighted by atomic mass is 10.1. The maximum atomic E-state index is 5.96. The summed E-state index contributed by atoms with van der Waals surface area (Å²) in [4.78, 5) is 0. The van der Waals surface area contributed by atoms with Gasteiger partial charge in [-0.2, -0.15) is 0 Å². The Morgan fingerprint density at radius 2 is 1.68 bits per heavy atom. The third kappa shape index (κ3) is 5.65. The second-order valence-electron chi connectivity index (χ2n) is 5.31. The van der Waals surface area contributed by atoms with E-state index < -0.39 is 0 Å². The molecular weight excluding hydrogens is 234 g/mol. The van der Waals surface area contributed by atoms with Gasteiger partial charge in [-0.15, -0.1) is 0 Å². The SMILES string of the molecule is CCCNCCCCCOc1c(C)ccc(C)c1C. The number of unbranched alkanes of at least 4 members (excludes halogenated alkanes) is 2. The van der Waals surface area contributed by atoms with E-state index in [0.717, 1.165) is 31.9 Å². The summed E-state index contributed by atoms with van der Waals surface area (Å²) in [5.74, 6) is 1.09. The topological polar surface area (TPSA) is 21.3 Å². The Hall–Kier alpha value is -1.02. The number of ether oxygens (including phenoxy) is 1. The first-order chi connectivity index (χ1) is 9.16. The van der Waals surface area contributed by atoms with Gasteiger partial charge >= 0.3 is 0 Å². The van der Waals surface area contributed by atoms with E-state index in [1.54, 1.807) is 0 Å². The molecule has 19 heavy (non-hydrogen) atoms. The van der Waals surface area contributed by atoms with Crippen LogP contribution in [0.4, 0.5) is 0 Å². The molecule has 0 amide bonds. The summed E-state index contributed by atoms with van der Waals surface area (Å²) in [6, 6.07) is 4.31. The van der Waals surface area contributed by atoms with E-state index in [9.17, 15) is 0 Å². The molecule has 0 aliphatic rings. The van der Waals surface area contributed by atoms with Crippen molar-refractivity contribution >= 4 is 0 Å². The standard InChI is InChI=1S/C17H29NO/c1-5-11-18-12-7-6-8-13-19-17-15(3)10-9-14(2)16(17)4/h9-10,18H,5-8,11-13H2,1-4H3. The van der Waals surface area contributed by atoms with Gasteiger partial charge in [-0.05, 0) is 76.2 Å². The number of benzene rings is 1. The van der Waals surface area contributed by atoms with Crippen molar-refractivity contribution < 1.29 is 4.74 Å². The van der Waals surface area contributed by atoms with Gasteiger partial charge in [0.1, 0.15) is 5.75 Å². The van der Waals surface area contributed by atoms with E-state index in [1.807, 2.05) is 0 Å². The van der Waals surface area contributed by atoms with E-state index >= 15 is 0 Å². The van der Waals surface area contributed by atoms with Crippen molar-refractivity contribution in [3.8, 4) is 5.75 Å². The van der Waals surface area contributed by atoms with E-state index in [2.05, 4.69) is 45.1 Å². The zero-order chi connectivity index (χ0) is 14.1. The molecule has 1 aromatic carbocycles. The molecule has 0 unspecified atom stereocenters. The summed E-state index contributed by atoms with van der Waals surface area (Å²) in [7, 11) is 0. The van der Waals surface area contributed by atoms with E-state index in [0.29, 0.717) is 0 Å². The molecule has 1 N–H and O–H groups in total. The molecule has 0 aliphatic carbocycles. The summed E-state index contributed by atoms with van der Waals surface area (Å²) in [5.41, 5.74) is 3.83. The van der Waals surface area contributed by atoms with Crippen LogP contribution in [0.2, 0.25) is 0 Å². The number of hydrogen-bond acceptors (Lipinski definition) is 2. The van der Waals surface area contributed by atoms with Gasteiger partial charge in [0.05, 0.1) is 6.61 Å². The molecule has 0 bridgehead atoms. The van der Waals surface area contributed by atoms with Gasteiger partial charge in [0.25, 0.3) is 0 Å². The molecule has 0 aliphatic heterocycles. The molecular formula is C17H29NO. The zero-order valence-electron chi connectivity index (χ0n) is 13.0. The highest BCUT2D eigenvalue weighted by molar-refractivity contribution is 5.44. The van der Waals surface area contributed by atoms with Crippen molar-refractivity contribution in [2.45, 2.75) is 53.4 Å². The average Bonchev–Trinajstić information content (AvgIpc) is 2.40. The smallest absolute Gasteiger partial charge is 0.125 e. The van der Waals surface area contributed by atoms with Crippen LogP contribution in [-0.4, -0.2) is 19.7 Å². The van der Waals surface area contributed by atoms with Crippen LogP contribution in [0.5, 0.6) is 5.75 Å². The summed E-state index contributed by atoms with van der Waals surface area (Å²) in [6.45, 7) is 11.7. The predicted octanol–water partition coefficient (Wildman–Crippen LogP) is 4.16. The third-order valence-electron chi connectivity index (χ3n) is 3.54. The number of rotatable bonds is 9. The third-order valence-corrected chi connectivity index (χ3v) is 3.54. The number of aryl methyl sites for hydroxylation is 2. The zero-order valence-corrected chi connectivity index (χ0v) is 13.0. The molecule has 0 heterocycles. The molecule has 0 radical (unpaired) electrons. The van der Waals surface area contributed by atoms with Crippen molar-refractivity contribution in [1.29, 1.82) is 0 Å². The second-order valence-corrected chi connectivity index (χ2v) is 5.31. The first-order valence-corrected chi connectivity index (χ1v) is 7.57. The van der Waals surface area contributed by atoms with Gasteiger partial charge in [0.15, 0.2) is 0 Å². The van der Waals surface area contributed by atoms with Crippen LogP contribution in [0.3, 0.4) is 0 Å². The average molecular weight is 263 g/mol. The van der Waals surface area contributed by atoms with Gasteiger partial charge in [-0.3, -0.25) is 0 Å². The maximum absolute atomic E-state index is 5.96. The van der Waals surface area contributed by atoms with Crippen molar-refractivity contribution in [1.82, 2.24) is 5.32 Å². The van der Waals surface area contributed by atoms with Crippen molar-refractivity contribution in [2.75, 3.05) is 19.7 Å². The fourth-order valence-corrected chi connectivity index (χ4v) is 2.15. The summed E-state index contributed by atoms with van der Waals surface area (Å²) in [5, 5.41) is 3.43. The number of hydrogen-bond donors (Lipinski definition) is 1. The molecule has 0 atom stereocenters. The van der Waals surface area contributed by atoms with Crippen LogP contribution in [0, 0.1) is 20.8 Å². The molecule has 0 saturated carbocycles. The lowest BCUT2D eigenvalue weighted by Crippen LogP contribution is -2.15. The van der Waals surface area contributed by atoms with Gasteiger partial charge in [0.2, 0.25) is 0 Å².